The van der Waals surface area contributed by atoms with Crippen molar-refractivity contribution in [3.63, 3.8) is 0 Å². The number of hydrogen-bond acceptors (Lipinski definition) is 7. The zero-order valence-electron chi connectivity index (χ0n) is 15.8. The fourth-order valence-corrected chi connectivity index (χ4v) is 3.69. The third kappa shape index (κ3) is 2.54. The lowest BCUT2D eigenvalue weighted by molar-refractivity contribution is 0.0615. The summed E-state index contributed by atoms with van der Waals surface area (Å²) in [6.07, 6.45) is 0.603. The predicted molar refractivity (Wildman–Crippen MR) is 98.1 cm³/mol. The molecule has 7 nitrogen and oxygen atoms in total. The Morgan fingerprint density at radius 3 is 2.43 bits per heavy atom. The van der Waals surface area contributed by atoms with Gasteiger partial charge in [-0.1, -0.05) is 0 Å². The van der Waals surface area contributed by atoms with Gasteiger partial charge in [0.2, 0.25) is 0 Å². The number of aromatic hydroxyl groups is 1. The molecule has 2 aliphatic rings. The van der Waals surface area contributed by atoms with E-state index in [9.17, 15) is 19.5 Å². The van der Waals surface area contributed by atoms with Crippen molar-refractivity contribution in [2.45, 2.75) is 39.7 Å². The first kappa shape index (κ1) is 18.0. The van der Waals surface area contributed by atoms with E-state index in [1.165, 1.54) is 12.1 Å². The van der Waals surface area contributed by atoms with Gasteiger partial charge < -0.3 is 19.3 Å². The zero-order chi connectivity index (χ0) is 20.4. The number of benzene rings is 2. The van der Waals surface area contributed by atoms with Crippen LogP contribution < -0.4 is 14.2 Å². The Morgan fingerprint density at radius 2 is 1.75 bits per heavy atom. The molecule has 144 valence electrons. The zero-order valence-corrected chi connectivity index (χ0v) is 15.8. The second-order valence-corrected chi connectivity index (χ2v) is 7.60. The number of carbonyl (C=O) groups excluding carboxylic acids is 3. The van der Waals surface area contributed by atoms with Crippen molar-refractivity contribution in [3.05, 3.63) is 39.9 Å². The molecule has 4 rings (SSSR count). The molecule has 0 fully saturated rings. The number of ketones is 1. The van der Waals surface area contributed by atoms with E-state index in [2.05, 4.69) is 0 Å². The number of aryl methyl sites for hydroxylation is 1. The van der Waals surface area contributed by atoms with Gasteiger partial charge in [-0.05, 0) is 39.3 Å². The van der Waals surface area contributed by atoms with Crippen molar-refractivity contribution in [2.75, 3.05) is 0 Å². The van der Waals surface area contributed by atoms with Crippen LogP contribution in [-0.2, 0) is 0 Å². The summed E-state index contributed by atoms with van der Waals surface area (Å²) in [4.78, 5) is 36.9. The first-order valence-corrected chi connectivity index (χ1v) is 8.74. The van der Waals surface area contributed by atoms with Gasteiger partial charge in [0.15, 0.2) is 29.3 Å². The Labute approximate surface area is 160 Å². The van der Waals surface area contributed by atoms with Crippen LogP contribution in [0, 0.1) is 13.8 Å². The van der Waals surface area contributed by atoms with Crippen LogP contribution in [0.3, 0.4) is 0 Å². The van der Waals surface area contributed by atoms with Crippen molar-refractivity contribution in [1.82, 2.24) is 0 Å². The first-order valence-electron chi connectivity index (χ1n) is 8.74. The second kappa shape index (κ2) is 5.82. The number of fused-ring (bicyclic) bond motifs is 3. The van der Waals surface area contributed by atoms with Gasteiger partial charge in [-0.25, -0.2) is 4.79 Å². The molecule has 0 amide bonds. The average Bonchev–Trinajstić information content (AvgIpc) is 2.70. The van der Waals surface area contributed by atoms with Crippen LogP contribution in [-0.4, -0.2) is 28.7 Å². The molecule has 28 heavy (non-hydrogen) atoms. The normalized spacial score (nSPS) is 16.6. The Hall–Kier alpha value is -3.35. The van der Waals surface area contributed by atoms with Crippen LogP contribution in [0.1, 0.15) is 62.5 Å². The summed E-state index contributed by atoms with van der Waals surface area (Å²) in [7, 11) is 0. The number of phenols is 1. The van der Waals surface area contributed by atoms with Crippen molar-refractivity contribution in [3.8, 4) is 28.7 Å². The summed E-state index contributed by atoms with van der Waals surface area (Å²) < 4.78 is 17.3. The summed E-state index contributed by atoms with van der Waals surface area (Å²) >= 11 is 0. The van der Waals surface area contributed by atoms with Crippen LogP contribution >= 0.6 is 0 Å². The molecule has 0 radical (unpaired) electrons. The van der Waals surface area contributed by atoms with Crippen LogP contribution in [0.2, 0.25) is 0 Å². The van der Waals surface area contributed by atoms with Gasteiger partial charge in [0.25, 0.3) is 0 Å². The minimum atomic E-state index is -0.727. The minimum Gasteiger partial charge on any atom is -0.507 e. The van der Waals surface area contributed by atoms with Gasteiger partial charge >= 0.3 is 5.97 Å². The number of phenolic OH excluding ortho intramolecular Hbond substituents is 1. The summed E-state index contributed by atoms with van der Waals surface area (Å²) in [6, 6.07) is 2.76. The molecule has 2 aromatic rings. The van der Waals surface area contributed by atoms with E-state index in [4.69, 9.17) is 14.2 Å². The standard InChI is InChI=1S/C21H18O7/c1-9-5-12(23)11(8-22)19-16(9)20(25)26-15-6-14-17(10(2)18(15)27-19)13(24)7-21(3,4)28-14/h5-6,8,23H,7H2,1-4H3. The summed E-state index contributed by atoms with van der Waals surface area (Å²) in [5.41, 5.74) is 0.379. The van der Waals surface area contributed by atoms with E-state index in [0.717, 1.165) is 0 Å². The van der Waals surface area contributed by atoms with Crippen molar-refractivity contribution < 1.29 is 33.7 Å². The molecule has 0 atom stereocenters. The fourth-order valence-electron chi connectivity index (χ4n) is 3.69. The number of ether oxygens (including phenoxy) is 3. The highest BCUT2D eigenvalue weighted by Crippen LogP contribution is 2.49. The first-order chi connectivity index (χ1) is 13.1. The highest BCUT2D eigenvalue weighted by atomic mass is 16.6. The van der Waals surface area contributed by atoms with E-state index in [0.29, 0.717) is 28.7 Å². The van der Waals surface area contributed by atoms with Crippen molar-refractivity contribution in [1.29, 1.82) is 0 Å². The number of aldehydes is 1. The maximum atomic E-state index is 12.7. The highest BCUT2D eigenvalue weighted by molar-refractivity contribution is 6.04. The minimum absolute atomic E-state index is 0.0426. The third-order valence-electron chi connectivity index (χ3n) is 4.92. The van der Waals surface area contributed by atoms with Gasteiger partial charge in [0.1, 0.15) is 22.7 Å². The smallest absolute Gasteiger partial charge is 0.347 e. The quantitative estimate of drug-likeness (QED) is 0.454. The van der Waals surface area contributed by atoms with E-state index in [-0.39, 0.29) is 46.3 Å². The molecule has 2 aromatic carbocycles. The van der Waals surface area contributed by atoms with Crippen LogP contribution in [0.4, 0.5) is 0 Å². The molecule has 1 N–H and O–H groups in total. The van der Waals surface area contributed by atoms with Crippen LogP contribution in [0.5, 0.6) is 28.7 Å². The van der Waals surface area contributed by atoms with Crippen LogP contribution in [0.25, 0.3) is 0 Å². The van der Waals surface area contributed by atoms with Gasteiger partial charge in [0, 0.05) is 11.6 Å². The maximum Gasteiger partial charge on any atom is 0.347 e. The van der Waals surface area contributed by atoms with E-state index >= 15 is 0 Å². The summed E-state index contributed by atoms with van der Waals surface area (Å²) in [6.45, 7) is 6.86. The van der Waals surface area contributed by atoms with Crippen molar-refractivity contribution in [2.24, 2.45) is 0 Å². The molecule has 0 saturated heterocycles. The molecule has 2 aliphatic heterocycles. The maximum absolute atomic E-state index is 12.7. The van der Waals surface area contributed by atoms with Crippen LogP contribution in [0.15, 0.2) is 12.1 Å². The second-order valence-electron chi connectivity index (χ2n) is 7.60. The van der Waals surface area contributed by atoms with E-state index in [1.54, 1.807) is 27.7 Å². The van der Waals surface area contributed by atoms with Gasteiger partial charge in [-0.2, -0.15) is 0 Å². The Balaban J connectivity index is 1.98. The Kier molecular flexibility index (Phi) is 3.75. The van der Waals surface area contributed by atoms with Gasteiger partial charge in [0.05, 0.1) is 17.5 Å². The van der Waals surface area contributed by atoms with Gasteiger partial charge in [-0.15, -0.1) is 0 Å². The van der Waals surface area contributed by atoms with E-state index < -0.39 is 11.6 Å². The third-order valence-corrected chi connectivity index (χ3v) is 4.92. The molecule has 7 heteroatoms. The molecule has 0 saturated carbocycles. The molecule has 0 unspecified atom stereocenters. The number of esters is 1. The fraction of sp³-hybridized carbons (Fsp3) is 0.286. The molecule has 0 spiro atoms. The average molecular weight is 382 g/mol. The number of hydrogen-bond donors (Lipinski definition) is 1. The van der Waals surface area contributed by atoms with Gasteiger partial charge in [-0.3, -0.25) is 9.59 Å². The number of carbonyl (C=O) groups is 3. The Morgan fingerprint density at radius 1 is 1.04 bits per heavy atom. The lowest BCUT2D eigenvalue weighted by atomic mass is 9.90. The molecular formula is C21H18O7. The largest absolute Gasteiger partial charge is 0.507 e. The lowest BCUT2D eigenvalue weighted by Gasteiger charge is -2.32. The topological polar surface area (TPSA) is 99.1 Å². The SMILES string of the molecule is Cc1cc(O)c(C=O)c2c1C(=O)Oc1cc3c(c(C)c1O2)C(=O)CC(C)(C)O3. The Bertz CT molecular complexity index is 1080. The molecule has 0 bridgehead atoms. The lowest BCUT2D eigenvalue weighted by Crippen LogP contribution is -2.36. The number of Topliss-reactive ketones (excluding diaryl/α,β-unsaturated/α-hetero) is 1. The molecule has 0 aliphatic carbocycles. The van der Waals surface area contributed by atoms with Crippen molar-refractivity contribution >= 4 is 18.0 Å². The molecule has 0 aromatic heterocycles. The van der Waals surface area contributed by atoms with E-state index in [1.807, 2.05) is 0 Å². The monoisotopic (exact) mass is 382 g/mol. The summed E-state index contributed by atoms with van der Waals surface area (Å²) in [5.74, 6) is -0.712. The highest BCUT2D eigenvalue weighted by Gasteiger charge is 2.38. The molecule has 2 heterocycles. The molecular weight excluding hydrogens is 364 g/mol. The number of rotatable bonds is 1. The predicted octanol–water partition coefficient (Wildman–Crippen LogP) is 3.89. The summed E-state index contributed by atoms with van der Waals surface area (Å²) in [5, 5.41) is 10.1.